The van der Waals surface area contributed by atoms with Crippen molar-refractivity contribution in [3.05, 3.63) is 34.1 Å². The van der Waals surface area contributed by atoms with E-state index in [0.29, 0.717) is 12.4 Å². The second kappa shape index (κ2) is 5.92. The second-order valence-electron chi connectivity index (χ2n) is 3.99. The van der Waals surface area contributed by atoms with Crippen molar-refractivity contribution in [2.45, 2.75) is 19.6 Å². The highest BCUT2D eigenvalue weighted by Crippen LogP contribution is 2.37. The number of benzene rings is 1. The molecule has 0 aliphatic carbocycles. The zero-order chi connectivity index (χ0) is 14.8. The minimum atomic E-state index is -4.44. The van der Waals surface area contributed by atoms with E-state index >= 15 is 0 Å². The van der Waals surface area contributed by atoms with Gasteiger partial charge in [-0.05, 0) is 24.7 Å². The van der Waals surface area contributed by atoms with E-state index in [1.807, 2.05) is 6.92 Å². The average molecular weight is 350 g/mol. The zero-order valence-corrected chi connectivity index (χ0v) is 12.0. The van der Waals surface area contributed by atoms with E-state index in [1.165, 1.54) is 12.1 Å². The summed E-state index contributed by atoms with van der Waals surface area (Å²) in [6, 6.07) is 3.78. The fourth-order valence-electron chi connectivity index (χ4n) is 1.56. The van der Waals surface area contributed by atoms with Gasteiger partial charge in [-0.25, -0.2) is 0 Å². The van der Waals surface area contributed by atoms with Gasteiger partial charge in [0.25, 0.3) is 5.89 Å². The van der Waals surface area contributed by atoms with Crippen LogP contribution in [0.5, 0.6) is 0 Å². The molecule has 0 radical (unpaired) electrons. The molecule has 2 aromatic rings. The highest BCUT2D eigenvalue weighted by atomic mass is 79.9. The smallest absolute Gasteiger partial charge is 0.334 e. The summed E-state index contributed by atoms with van der Waals surface area (Å²) in [5.41, 5.74) is -0.544. The molecule has 0 amide bonds. The third-order valence-corrected chi connectivity index (χ3v) is 3.21. The fourth-order valence-corrected chi connectivity index (χ4v) is 2.03. The van der Waals surface area contributed by atoms with Gasteiger partial charge in [0.15, 0.2) is 5.82 Å². The first-order valence-corrected chi connectivity index (χ1v) is 6.61. The number of nitrogens with zero attached hydrogens (tertiary/aromatic N) is 2. The molecule has 0 saturated heterocycles. The van der Waals surface area contributed by atoms with Gasteiger partial charge in [-0.3, -0.25) is 0 Å². The highest BCUT2D eigenvalue weighted by Gasteiger charge is 2.33. The predicted molar refractivity (Wildman–Crippen MR) is 69.8 cm³/mol. The van der Waals surface area contributed by atoms with Crippen molar-refractivity contribution < 1.29 is 17.7 Å². The molecule has 108 valence electrons. The minimum absolute atomic E-state index is 0.0267. The molecule has 0 bridgehead atoms. The zero-order valence-electron chi connectivity index (χ0n) is 10.5. The Balaban J connectivity index is 2.31. The Labute approximate surface area is 121 Å². The maximum atomic E-state index is 12.8. The van der Waals surface area contributed by atoms with Gasteiger partial charge in [-0.15, -0.1) is 0 Å². The van der Waals surface area contributed by atoms with Gasteiger partial charge < -0.3 is 9.84 Å². The lowest BCUT2D eigenvalue weighted by Crippen LogP contribution is -2.12. The first kappa shape index (κ1) is 15.0. The molecule has 1 heterocycles. The third-order valence-electron chi connectivity index (χ3n) is 2.52. The molecule has 1 aromatic heterocycles. The number of hydrogen-bond acceptors (Lipinski definition) is 4. The molecule has 8 heteroatoms. The van der Waals surface area contributed by atoms with Crippen LogP contribution in [0.1, 0.15) is 18.3 Å². The Morgan fingerprint density at radius 3 is 2.75 bits per heavy atom. The summed E-state index contributed by atoms with van der Waals surface area (Å²) in [4.78, 5) is 4.05. The van der Waals surface area contributed by atoms with Gasteiger partial charge >= 0.3 is 6.18 Å². The standard InChI is InChI=1S/C12H11BrF3N3O/c1-2-17-6-10-18-11(20-19-10)7-3-4-9(13)8(5-7)12(14,15)16/h3-5,17H,2,6H2,1H3. The lowest BCUT2D eigenvalue weighted by molar-refractivity contribution is -0.138. The fraction of sp³-hybridized carbons (Fsp3) is 0.333. The van der Waals surface area contributed by atoms with E-state index in [0.717, 1.165) is 12.6 Å². The Bertz CT molecular complexity index is 598. The molecule has 0 unspecified atom stereocenters. The molecule has 20 heavy (non-hydrogen) atoms. The normalized spacial score (nSPS) is 11.8. The van der Waals surface area contributed by atoms with E-state index in [-0.39, 0.29) is 15.9 Å². The Morgan fingerprint density at radius 2 is 2.10 bits per heavy atom. The summed E-state index contributed by atoms with van der Waals surface area (Å²) in [7, 11) is 0. The van der Waals surface area contributed by atoms with Crippen LogP contribution < -0.4 is 5.32 Å². The third kappa shape index (κ3) is 3.37. The Hall–Kier alpha value is -1.41. The number of nitrogens with one attached hydrogen (secondary N) is 1. The molecule has 0 saturated carbocycles. The molecule has 0 atom stereocenters. The molecule has 0 spiro atoms. The van der Waals surface area contributed by atoms with Crippen molar-refractivity contribution in [1.29, 1.82) is 0 Å². The van der Waals surface area contributed by atoms with Gasteiger partial charge in [-0.2, -0.15) is 18.2 Å². The molecule has 0 aliphatic rings. The second-order valence-corrected chi connectivity index (χ2v) is 4.84. The van der Waals surface area contributed by atoms with Crippen molar-refractivity contribution in [1.82, 2.24) is 15.5 Å². The minimum Gasteiger partial charge on any atom is -0.334 e. The maximum absolute atomic E-state index is 12.8. The van der Waals surface area contributed by atoms with Gasteiger partial charge in [0.05, 0.1) is 12.1 Å². The van der Waals surface area contributed by atoms with Gasteiger partial charge in [0.2, 0.25) is 0 Å². The van der Waals surface area contributed by atoms with Crippen LogP contribution in [-0.4, -0.2) is 16.7 Å². The van der Waals surface area contributed by atoms with Gasteiger partial charge in [-0.1, -0.05) is 28.0 Å². The van der Waals surface area contributed by atoms with Crippen LogP contribution in [0.3, 0.4) is 0 Å². The van der Waals surface area contributed by atoms with Crippen molar-refractivity contribution in [2.24, 2.45) is 0 Å². The molecule has 1 N–H and O–H groups in total. The van der Waals surface area contributed by atoms with Crippen molar-refractivity contribution >= 4 is 15.9 Å². The van der Waals surface area contributed by atoms with Crippen LogP contribution in [0.2, 0.25) is 0 Å². The van der Waals surface area contributed by atoms with Crippen LogP contribution in [0, 0.1) is 0 Å². The van der Waals surface area contributed by atoms with Crippen molar-refractivity contribution in [2.75, 3.05) is 6.54 Å². The average Bonchev–Trinajstić information content (AvgIpc) is 2.84. The summed E-state index contributed by atoms with van der Waals surface area (Å²) in [6.07, 6.45) is -4.44. The maximum Gasteiger partial charge on any atom is 0.417 e. The summed E-state index contributed by atoms with van der Waals surface area (Å²) in [5, 5.41) is 6.70. The van der Waals surface area contributed by atoms with E-state index in [9.17, 15) is 13.2 Å². The first-order chi connectivity index (χ1) is 9.41. The number of aromatic nitrogens is 2. The number of rotatable bonds is 4. The van der Waals surface area contributed by atoms with E-state index < -0.39 is 11.7 Å². The van der Waals surface area contributed by atoms with Crippen LogP contribution >= 0.6 is 15.9 Å². The Kier molecular flexibility index (Phi) is 4.44. The molecule has 0 fully saturated rings. The summed E-state index contributed by atoms with van der Waals surface area (Å²) in [6.45, 7) is 3.06. The van der Waals surface area contributed by atoms with Crippen LogP contribution in [-0.2, 0) is 12.7 Å². The number of hydrogen-bond donors (Lipinski definition) is 1. The lowest BCUT2D eigenvalue weighted by atomic mass is 10.1. The Morgan fingerprint density at radius 1 is 1.35 bits per heavy atom. The summed E-state index contributed by atoms with van der Waals surface area (Å²) in [5.74, 6) is 0.467. The summed E-state index contributed by atoms with van der Waals surface area (Å²) >= 11 is 2.88. The number of halogens is 4. The molecule has 1 aromatic carbocycles. The topological polar surface area (TPSA) is 51.0 Å². The predicted octanol–water partition coefficient (Wildman–Crippen LogP) is 3.63. The van der Waals surface area contributed by atoms with Gasteiger partial charge in [0.1, 0.15) is 0 Å². The van der Waals surface area contributed by atoms with Crippen LogP contribution in [0.25, 0.3) is 11.5 Å². The molecule has 4 nitrogen and oxygen atoms in total. The first-order valence-electron chi connectivity index (χ1n) is 5.82. The monoisotopic (exact) mass is 349 g/mol. The van der Waals surface area contributed by atoms with E-state index in [1.54, 1.807) is 0 Å². The quantitative estimate of drug-likeness (QED) is 0.915. The van der Waals surface area contributed by atoms with Crippen LogP contribution in [0.4, 0.5) is 13.2 Å². The highest BCUT2D eigenvalue weighted by molar-refractivity contribution is 9.10. The van der Waals surface area contributed by atoms with E-state index in [2.05, 4.69) is 31.4 Å². The van der Waals surface area contributed by atoms with E-state index in [4.69, 9.17) is 4.52 Å². The van der Waals surface area contributed by atoms with Gasteiger partial charge in [0, 0.05) is 10.0 Å². The summed E-state index contributed by atoms with van der Waals surface area (Å²) < 4.78 is 43.4. The molecule has 0 aliphatic heterocycles. The molecular weight excluding hydrogens is 339 g/mol. The van der Waals surface area contributed by atoms with Crippen molar-refractivity contribution in [3.63, 3.8) is 0 Å². The SMILES string of the molecule is CCNCc1noc(-c2ccc(Br)c(C(F)(F)F)c2)n1. The number of alkyl halides is 3. The molecule has 2 rings (SSSR count). The largest absolute Gasteiger partial charge is 0.417 e. The lowest BCUT2D eigenvalue weighted by Gasteiger charge is -2.09. The van der Waals surface area contributed by atoms with Crippen LogP contribution in [0.15, 0.2) is 27.2 Å². The van der Waals surface area contributed by atoms with Crippen molar-refractivity contribution in [3.8, 4) is 11.5 Å². The molecular formula is C12H11BrF3N3O.